The second kappa shape index (κ2) is 5.79. The number of aryl methyl sites for hydroxylation is 1. The topological polar surface area (TPSA) is 69.4 Å². The van der Waals surface area contributed by atoms with Gasteiger partial charge in [-0.2, -0.15) is 0 Å². The molecule has 1 unspecified atom stereocenters. The number of carbonyl (C=O) groups is 1. The summed E-state index contributed by atoms with van der Waals surface area (Å²) in [6.45, 7) is 3.25. The molecule has 118 valence electrons. The van der Waals surface area contributed by atoms with Crippen LogP contribution in [0.3, 0.4) is 0 Å². The Labute approximate surface area is 130 Å². The van der Waals surface area contributed by atoms with Gasteiger partial charge in [0.15, 0.2) is 0 Å². The van der Waals surface area contributed by atoms with Crippen LogP contribution in [-0.2, 0) is 9.53 Å². The van der Waals surface area contributed by atoms with Gasteiger partial charge in [-0.15, -0.1) is 0 Å². The van der Waals surface area contributed by atoms with Gasteiger partial charge in [0.25, 0.3) is 0 Å². The maximum atomic E-state index is 14.3. The highest BCUT2D eigenvalue weighted by Gasteiger charge is 2.26. The minimum Gasteiger partial charge on any atom is -0.464 e. The minimum atomic E-state index is -2.02. The molecule has 0 bridgehead atoms. The molecule has 2 aromatic heterocycles. The predicted octanol–water partition coefficient (Wildman–Crippen LogP) is 3.22. The summed E-state index contributed by atoms with van der Waals surface area (Å²) in [6.07, 6.45) is -2.02. The van der Waals surface area contributed by atoms with Crippen molar-refractivity contribution in [1.29, 1.82) is 0 Å². The zero-order chi connectivity index (χ0) is 16.6. The van der Waals surface area contributed by atoms with Crippen molar-refractivity contribution in [2.75, 3.05) is 6.61 Å². The van der Waals surface area contributed by atoms with Crippen LogP contribution < -0.4 is 5.43 Å². The number of para-hydroxylation sites is 1. The standard InChI is InChI=1S/C17H14FNO4/c1-3-22-17(21)13(18)14-9(2)8-11-15(20)10-6-4-5-7-12(10)23-16(11)19-14/h4-8,13H,3H2,1-2H3. The van der Waals surface area contributed by atoms with Crippen molar-refractivity contribution in [3.05, 3.63) is 51.8 Å². The molecule has 0 saturated heterocycles. The van der Waals surface area contributed by atoms with Gasteiger partial charge in [0.1, 0.15) is 5.58 Å². The van der Waals surface area contributed by atoms with E-state index in [2.05, 4.69) is 9.72 Å². The van der Waals surface area contributed by atoms with E-state index in [1.54, 1.807) is 38.1 Å². The first kappa shape index (κ1) is 15.1. The number of hydrogen-bond donors (Lipinski definition) is 0. The van der Waals surface area contributed by atoms with Crippen LogP contribution >= 0.6 is 0 Å². The maximum Gasteiger partial charge on any atom is 0.347 e. The summed E-state index contributed by atoms with van der Waals surface area (Å²) in [6, 6.07) is 8.23. The summed E-state index contributed by atoms with van der Waals surface area (Å²) in [5.41, 5.74) is 0.408. The highest BCUT2D eigenvalue weighted by atomic mass is 19.1. The molecule has 0 fully saturated rings. The molecule has 0 spiro atoms. The highest BCUT2D eigenvalue weighted by molar-refractivity contribution is 5.88. The first-order valence-corrected chi connectivity index (χ1v) is 7.16. The molecule has 1 atom stereocenters. The normalized spacial score (nSPS) is 12.5. The number of nitrogens with zero attached hydrogens (tertiary/aromatic N) is 1. The Morgan fingerprint density at radius 3 is 2.83 bits per heavy atom. The van der Waals surface area contributed by atoms with Crippen LogP contribution in [0.15, 0.2) is 39.5 Å². The maximum absolute atomic E-state index is 14.3. The van der Waals surface area contributed by atoms with E-state index in [1.807, 2.05) is 0 Å². The lowest BCUT2D eigenvalue weighted by molar-refractivity contribution is -0.149. The van der Waals surface area contributed by atoms with Crippen molar-refractivity contribution in [2.24, 2.45) is 0 Å². The lowest BCUT2D eigenvalue weighted by Crippen LogP contribution is -2.15. The summed E-state index contributed by atoms with van der Waals surface area (Å²) < 4.78 is 24.5. The number of carbonyl (C=O) groups excluding carboxylic acids is 1. The Morgan fingerprint density at radius 1 is 1.35 bits per heavy atom. The minimum absolute atomic E-state index is 0.00116. The first-order valence-electron chi connectivity index (χ1n) is 7.16. The molecule has 0 aliphatic carbocycles. The zero-order valence-electron chi connectivity index (χ0n) is 12.6. The number of hydrogen-bond acceptors (Lipinski definition) is 5. The number of halogens is 1. The fourth-order valence-electron chi connectivity index (χ4n) is 2.43. The molecule has 6 heteroatoms. The molecule has 0 saturated carbocycles. The van der Waals surface area contributed by atoms with Crippen LogP contribution in [0, 0.1) is 6.92 Å². The Kier molecular flexibility index (Phi) is 3.82. The van der Waals surface area contributed by atoms with Crippen LogP contribution in [0.2, 0.25) is 0 Å². The van der Waals surface area contributed by atoms with Crippen molar-refractivity contribution in [3.8, 4) is 0 Å². The number of pyridine rings is 1. The number of esters is 1. The van der Waals surface area contributed by atoms with E-state index < -0.39 is 12.1 Å². The summed E-state index contributed by atoms with van der Waals surface area (Å²) >= 11 is 0. The van der Waals surface area contributed by atoms with E-state index in [4.69, 9.17) is 4.42 Å². The Bertz CT molecular complexity index is 964. The predicted molar refractivity (Wildman–Crippen MR) is 83.0 cm³/mol. The van der Waals surface area contributed by atoms with Gasteiger partial charge < -0.3 is 9.15 Å². The number of rotatable bonds is 3. The largest absolute Gasteiger partial charge is 0.464 e. The van der Waals surface area contributed by atoms with Gasteiger partial charge >= 0.3 is 5.97 Å². The molecule has 3 aromatic rings. The van der Waals surface area contributed by atoms with Crippen molar-refractivity contribution >= 4 is 28.0 Å². The van der Waals surface area contributed by atoms with E-state index in [0.29, 0.717) is 16.5 Å². The Morgan fingerprint density at radius 2 is 2.09 bits per heavy atom. The molecule has 2 heterocycles. The molecule has 5 nitrogen and oxygen atoms in total. The number of ether oxygens (including phenoxy) is 1. The average molecular weight is 315 g/mol. The van der Waals surface area contributed by atoms with Crippen molar-refractivity contribution in [3.63, 3.8) is 0 Å². The van der Waals surface area contributed by atoms with Gasteiger partial charge in [-0.05, 0) is 37.6 Å². The summed E-state index contributed by atoms with van der Waals surface area (Å²) in [4.78, 5) is 28.1. The van der Waals surface area contributed by atoms with Crippen LogP contribution in [0.4, 0.5) is 4.39 Å². The third-order valence-electron chi connectivity index (χ3n) is 3.53. The van der Waals surface area contributed by atoms with Gasteiger partial charge in [-0.25, -0.2) is 14.2 Å². The van der Waals surface area contributed by atoms with Gasteiger partial charge in [0.2, 0.25) is 17.3 Å². The number of fused-ring (bicyclic) bond motifs is 2. The molecule has 0 radical (unpaired) electrons. The van der Waals surface area contributed by atoms with E-state index >= 15 is 0 Å². The van der Waals surface area contributed by atoms with E-state index in [0.717, 1.165) is 0 Å². The molecule has 0 aliphatic heterocycles. The fraction of sp³-hybridized carbons (Fsp3) is 0.235. The monoisotopic (exact) mass is 315 g/mol. The van der Waals surface area contributed by atoms with E-state index in [-0.39, 0.29) is 28.8 Å². The van der Waals surface area contributed by atoms with Crippen LogP contribution in [0.25, 0.3) is 22.1 Å². The molecule has 0 aliphatic rings. The fourth-order valence-corrected chi connectivity index (χ4v) is 2.43. The highest BCUT2D eigenvalue weighted by Crippen LogP contribution is 2.25. The summed E-state index contributed by atoms with van der Waals surface area (Å²) in [7, 11) is 0. The van der Waals surface area contributed by atoms with E-state index in [9.17, 15) is 14.0 Å². The molecule has 0 N–H and O–H groups in total. The van der Waals surface area contributed by atoms with E-state index in [1.165, 1.54) is 6.07 Å². The quantitative estimate of drug-likeness (QED) is 0.548. The van der Waals surface area contributed by atoms with Gasteiger partial charge in [-0.1, -0.05) is 12.1 Å². The number of benzene rings is 1. The molecule has 23 heavy (non-hydrogen) atoms. The first-order chi connectivity index (χ1) is 11.0. The second-order valence-electron chi connectivity index (χ2n) is 5.09. The molecular weight excluding hydrogens is 301 g/mol. The van der Waals surface area contributed by atoms with Crippen LogP contribution in [0.5, 0.6) is 0 Å². The summed E-state index contributed by atoms with van der Waals surface area (Å²) in [5, 5.41) is 0.678. The zero-order valence-corrected chi connectivity index (χ0v) is 12.6. The third kappa shape index (κ3) is 2.56. The molecular formula is C17H14FNO4. The van der Waals surface area contributed by atoms with Crippen LogP contribution in [0.1, 0.15) is 24.4 Å². The molecule has 1 aromatic carbocycles. The van der Waals surface area contributed by atoms with Crippen LogP contribution in [-0.4, -0.2) is 17.6 Å². The smallest absolute Gasteiger partial charge is 0.347 e. The Hall–Kier alpha value is -2.76. The van der Waals surface area contributed by atoms with Gasteiger partial charge in [0.05, 0.1) is 23.1 Å². The molecule has 0 amide bonds. The average Bonchev–Trinajstić information content (AvgIpc) is 2.55. The molecule has 3 rings (SSSR count). The number of alkyl halides is 1. The number of aromatic nitrogens is 1. The Balaban J connectivity index is 2.23. The van der Waals surface area contributed by atoms with Gasteiger partial charge in [0, 0.05) is 0 Å². The summed E-state index contributed by atoms with van der Waals surface area (Å²) in [5.74, 6) is -1.01. The van der Waals surface area contributed by atoms with Crippen molar-refractivity contribution in [2.45, 2.75) is 20.0 Å². The van der Waals surface area contributed by atoms with Crippen molar-refractivity contribution < 1.29 is 18.3 Å². The van der Waals surface area contributed by atoms with Crippen molar-refractivity contribution in [1.82, 2.24) is 4.98 Å². The lowest BCUT2D eigenvalue weighted by Gasteiger charge is -2.10. The SMILES string of the molecule is CCOC(=O)C(F)c1nc2oc3ccccc3c(=O)c2cc1C. The lowest BCUT2D eigenvalue weighted by atomic mass is 10.1. The third-order valence-corrected chi connectivity index (χ3v) is 3.53. The second-order valence-corrected chi connectivity index (χ2v) is 5.09. The van der Waals surface area contributed by atoms with Gasteiger partial charge in [-0.3, -0.25) is 4.79 Å².